The molecule has 2 N–H and O–H groups in total. The Morgan fingerprint density at radius 1 is 1.42 bits per heavy atom. The van der Waals surface area contributed by atoms with E-state index < -0.39 is 0 Å². The van der Waals surface area contributed by atoms with Crippen molar-refractivity contribution >= 4 is 6.03 Å². The lowest BCUT2D eigenvalue weighted by Gasteiger charge is -2.08. The first-order valence-electron chi connectivity index (χ1n) is 6.37. The molecule has 0 radical (unpaired) electrons. The zero-order valence-corrected chi connectivity index (χ0v) is 12.0. The average molecular weight is 262 g/mol. The second-order valence-electron chi connectivity index (χ2n) is 4.72. The van der Waals surface area contributed by atoms with Gasteiger partial charge in [0.25, 0.3) is 0 Å². The maximum atomic E-state index is 11.6. The van der Waals surface area contributed by atoms with Gasteiger partial charge >= 0.3 is 6.03 Å². The van der Waals surface area contributed by atoms with Crippen molar-refractivity contribution in [2.75, 3.05) is 7.11 Å². The van der Waals surface area contributed by atoms with Gasteiger partial charge in [0.2, 0.25) is 0 Å². The van der Waals surface area contributed by atoms with Gasteiger partial charge in [-0.2, -0.15) is 0 Å². The van der Waals surface area contributed by atoms with Crippen LogP contribution in [0.2, 0.25) is 0 Å². The minimum absolute atomic E-state index is 0.206. The molecule has 4 nitrogen and oxygen atoms in total. The molecular formula is C15H22N2O2. The molecule has 1 aromatic carbocycles. The molecule has 0 spiro atoms. The molecular weight excluding hydrogens is 240 g/mol. The van der Waals surface area contributed by atoms with E-state index in [-0.39, 0.29) is 6.03 Å². The largest absolute Gasteiger partial charge is 0.497 e. The number of rotatable bonds is 5. The monoisotopic (exact) mass is 262 g/mol. The van der Waals surface area contributed by atoms with E-state index in [1.165, 1.54) is 0 Å². The summed E-state index contributed by atoms with van der Waals surface area (Å²) in [6.07, 6.45) is 1.74. The summed E-state index contributed by atoms with van der Waals surface area (Å²) < 4.78 is 5.13. The number of methoxy groups -OCH3 is 1. The zero-order chi connectivity index (χ0) is 14.3. The van der Waals surface area contributed by atoms with Crippen LogP contribution < -0.4 is 15.4 Å². The summed E-state index contributed by atoms with van der Waals surface area (Å²) in [4.78, 5) is 11.6. The van der Waals surface area contributed by atoms with Crippen LogP contribution in [0, 0.1) is 5.92 Å². The lowest BCUT2D eigenvalue weighted by atomic mass is 10.1. The van der Waals surface area contributed by atoms with E-state index in [1.807, 2.05) is 31.2 Å². The fraction of sp³-hybridized carbons (Fsp3) is 0.400. The highest BCUT2D eigenvalue weighted by atomic mass is 16.5. The van der Waals surface area contributed by atoms with Crippen LogP contribution in [0.3, 0.4) is 0 Å². The molecule has 0 bridgehead atoms. The number of allylic oxidation sites excluding steroid dienone is 1. The number of hydrogen-bond acceptors (Lipinski definition) is 2. The highest BCUT2D eigenvalue weighted by Crippen LogP contribution is 2.12. The lowest BCUT2D eigenvalue weighted by Crippen LogP contribution is -2.32. The third-order valence-electron chi connectivity index (χ3n) is 2.93. The second-order valence-corrected chi connectivity index (χ2v) is 4.72. The molecule has 4 heteroatoms. The Kier molecular flexibility index (Phi) is 5.93. The maximum Gasteiger partial charge on any atom is 0.319 e. The molecule has 0 aliphatic rings. The van der Waals surface area contributed by atoms with Crippen LogP contribution in [0.25, 0.3) is 0 Å². The van der Waals surface area contributed by atoms with Crippen molar-refractivity contribution in [2.45, 2.75) is 27.3 Å². The van der Waals surface area contributed by atoms with Gasteiger partial charge in [0.1, 0.15) is 5.75 Å². The van der Waals surface area contributed by atoms with Gasteiger partial charge in [-0.05, 0) is 30.5 Å². The van der Waals surface area contributed by atoms with Gasteiger partial charge in [0.15, 0.2) is 0 Å². The first kappa shape index (κ1) is 15.1. The van der Waals surface area contributed by atoms with Crippen LogP contribution in [-0.2, 0) is 6.54 Å². The lowest BCUT2D eigenvalue weighted by molar-refractivity contribution is 0.243. The molecule has 0 unspecified atom stereocenters. The minimum Gasteiger partial charge on any atom is -0.497 e. The summed E-state index contributed by atoms with van der Waals surface area (Å²) in [5.41, 5.74) is 2.13. The number of ether oxygens (including phenoxy) is 1. The Morgan fingerprint density at radius 3 is 2.79 bits per heavy atom. The number of carbonyl (C=O) groups excluding carboxylic acids is 1. The third-order valence-corrected chi connectivity index (χ3v) is 2.93. The van der Waals surface area contributed by atoms with Gasteiger partial charge in [0.05, 0.1) is 7.11 Å². The highest BCUT2D eigenvalue weighted by Gasteiger charge is 2.01. The predicted molar refractivity (Wildman–Crippen MR) is 77.0 cm³/mol. The summed E-state index contributed by atoms with van der Waals surface area (Å²) in [7, 11) is 1.62. The molecule has 0 atom stereocenters. The molecule has 2 amide bonds. The van der Waals surface area contributed by atoms with Gasteiger partial charge in [0, 0.05) is 12.7 Å². The molecule has 1 aromatic rings. The molecule has 0 aliphatic carbocycles. The van der Waals surface area contributed by atoms with Gasteiger partial charge in [-0.1, -0.05) is 31.6 Å². The topological polar surface area (TPSA) is 50.4 Å². The van der Waals surface area contributed by atoms with Crippen molar-refractivity contribution in [2.24, 2.45) is 5.92 Å². The van der Waals surface area contributed by atoms with Crippen molar-refractivity contribution in [1.82, 2.24) is 10.6 Å². The number of hydrogen-bond donors (Lipinski definition) is 2. The molecule has 0 fully saturated rings. The van der Waals surface area contributed by atoms with E-state index in [2.05, 4.69) is 24.5 Å². The molecule has 19 heavy (non-hydrogen) atoms. The Bertz CT molecular complexity index is 453. The average Bonchev–Trinajstić information content (AvgIpc) is 2.42. The molecule has 0 aromatic heterocycles. The van der Waals surface area contributed by atoms with E-state index in [1.54, 1.807) is 13.3 Å². The standard InChI is InChI=1S/C15H22N2O2/c1-11(2)12(3)9-16-15(18)17-10-13-6-5-7-14(8-13)19-4/h5-9,11H,10H2,1-4H3,(H2,16,17,18)/b12-9+. The normalized spacial score (nSPS) is 11.3. The number of nitrogens with one attached hydrogen (secondary N) is 2. The van der Waals surface area contributed by atoms with Crippen LogP contribution in [0.5, 0.6) is 5.75 Å². The van der Waals surface area contributed by atoms with E-state index >= 15 is 0 Å². The van der Waals surface area contributed by atoms with Crippen molar-refractivity contribution in [3.8, 4) is 5.75 Å². The number of amides is 2. The van der Waals surface area contributed by atoms with Gasteiger partial charge in [-0.25, -0.2) is 4.79 Å². The number of urea groups is 1. The fourth-order valence-corrected chi connectivity index (χ4v) is 1.36. The van der Waals surface area contributed by atoms with Crippen LogP contribution in [-0.4, -0.2) is 13.1 Å². The summed E-state index contributed by atoms with van der Waals surface area (Å²) in [6, 6.07) is 7.41. The van der Waals surface area contributed by atoms with Crippen molar-refractivity contribution in [3.05, 3.63) is 41.6 Å². The molecule has 0 saturated carbocycles. The quantitative estimate of drug-likeness (QED) is 0.857. The number of carbonyl (C=O) groups is 1. The maximum absolute atomic E-state index is 11.6. The van der Waals surface area contributed by atoms with Gasteiger partial charge in [-0.15, -0.1) is 0 Å². The van der Waals surface area contributed by atoms with Crippen LogP contribution in [0.4, 0.5) is 4.79 Å². The van der Waals surface area contributed by atoms with Crippen LogP contribution >= 0.6 is 0 Å². The Balaban J connectivity index is 2.44. The fourth-order valence-electron chi connectivity index (χ4n) is 1.36. The van der Waals surface area contributed by atoms with Gasteiger partial charge in [-0.3, -0.25) is 0 Å². The van der Waals surface area contributed by atoms with Crippen molar-refractivity contribution < 1.29 is 9.53 Å². The molecule has 1 rings (SSSR count). The van der Waals surface area contributed by atoms with Crippen LogP contribution in [0.1, 0.15) is 26.3 Å². The minimum atomic E-state index is -0.206. The van der Waals surface area contributed by atoms with Crippen molar-refractivity contribution in [3.63, 3.8) is 0 Å². The molecule has 0 heterocycles. The van der Waals surface area contributed by atoms with E-state index in [0.29, 0.717) is 12.5 Å². The SMILES string of the molecule is COc1cccc(CNC(=O)N/C=C(\C)C(C)C)c1. The Morgan fingerprint density at radius 2 is 2.16 bits per heavy atom. The third kappa shape index (κ3) is 5.46. The van der Waals surface area contributed by atoms with E-state index in [4.69, 9.17) is 4.74 Å². The Hall–Kier alpha value is -1.97. The first-order valence-corrected chi connectivity index (χ1v) is 6.37. The second kappa shape index (κ2) is 7.46. The zero-order valence-electron chi connectivity index (χ0n) is 12.0. The summed E-state index contributed by atoms with van der Waals surface area (Å²) in [6.45, 7) is 6.63. The molecule has 0 aliphatic heterocycles. The van der Waals surface area contributed by atoms with Crippen LogP contribution in [0.15, 0.2) is 36.0 Å². The van der Waals surface area contributed by atoms with E-state index in [9.17, 15) is 4.79 Å². The Labute approximate surface area is 114 Å². The van der Waals surface area contributed by atoms with E-state index in [0.717, 1.165) is 16.9 Å². The highest BCUT2D eigenvalue weighted by molar-refractivity contribution is 5.74. The summed E-state index contributed by atoms with van der Waals surface area (Å²) in [5, 5.41) is 5.51. The first-order chi connectivity index (χ1) is 9.02. The molecule has 104 valence electrons. The molecule has 0 saturated heterocycles. The van der Waals surface area contributed by atoms with Crippen molar-refractivity contribution in [1.29, 1.82) is 0 Å². The predicted octanol–water partition coefficient (Wildman–Crippen LogP) is 3.05. The summed E-state index contributed by atoms with van der Waals surface area (Å²) >= 11 is 0. The smallest absolute Gasteiger partial charge is 0.319 e. The number of benzene rings is 1. The summed E-state index contributed by atoms with van der Waals surface area (Å²) in [5.74, 6) is 1.22. The van der Waals surface area contributed by atoms with Gasteiger partial charge < -0.3 is 15.4 Å².